The van der Waals surface area contributed by atoms with Crippen LogP contribution in [0.2, 0.25) is 0 Å². The number of amides is 1. The van der Waals surface area contributed by atoms with Gasteiger partial charge in [0.25, 0.3) is 11.5 Å². The van der Waals surface area contributed by atoms with E-state index in [0.29, 0.717) is 19.0 Å². The number of carbonyl (C=O) groups is 1. The average molecular weight is 382 g/mol. The smallest absolute Gasteiger partial charge is 0.263 e. The van der Waals surface area contributed by atoms with Crippen molar-refractivity contribution in [2.45, 2.75) is 32.9 Å². The zero-order valence-corrected chi connectivity index (χ0v) is 15.9. The molecule has 25 heavy (non-hydrogen) atoms. The molecule has 0 aromatic carbocycles. The second kappa shape index (κ2) is 9.17. The lowest BCUT2D eigenvalue weighted by molar-refractivity contribution is 0.0948. The number of thiophene rings is 1. The maximum absolute atomic E-state index is 12.8. The summed E-state index contributed by atoms with van der Waals surface area (Å²) in [5.74, 6) is 0.153. The molecule has 136 valence electrons. The van der Waals surface area contributed by atoms with E-state index >= 15 is 0 Å². The first kappa shape index (κ1) is 19.7. The Morgan fingerprint density at radius 3 is 2.96 bits per heavy atom. The van der Waals surface area contributed by atoms with Crippen LogP contribution >= 0.6 is 23.7 Å². The number of hydrogen-bond acceptors (Lipinski definition) is 4. The van der Waals surface area contributed by atoms with Gasteiger partial charge in [0.05, 0.1) is 0 Å². The summed E-state index contributed by atoms with van der Waals surface area (Å²) in [5, 5.41) is 10.2. The fourth-order valence-corrected chi connectivity index (χ4v) is 3.78. The molecular weight excluding hydrogens is 358 g/mol. The molecule has 3 rings (SSSR count). The lowest BCUT2D eigenvalue weighted by atomic mass is 9.99. The van der Waals surface area contributed by atoms with Gasteiger partial charge in [-0.3, -0.25) is 9.59 Å². The van der Waals surface area contributed by atoms with Gasteiger partial charge in [0.1, 0.15) is 5.56 Å². The van der Waals surface area contributed by atoms with Crippen molar-refractivity contribution in [3.63, 3.8) is 0 Å². The molecule has 2 aromatic heterocycles. The van der Waals surface area contributed by atoms with Crippen LogP contribution in [0.5, 0.6) is 0 Å². The summed E-state index contributed by atoms with van der Waals surface area (Å²) in [4.78, 5) is 25.2. The number of aryl methyl sites for hydroxylation is 1. The minimum absolute atomic E-state index is 0. The predicted octanol–water partition coefficient (Wildman–Crippen LogP) is 2.57. The first-order valence-corrected chi connectivity index (χ1v) is 9.29. The van der Waals surface area contributed by atoms with Crippen LogP contribution in [0.25, 0.3) is 0 Å². The molecule has 1 aliphatic rings. The first-order valence-electron chi connectivity index (χ1n) is 8.35. The molecule has 0 aliphatic carbocycles. The molecule has 2 N–H and O–H groups in total. The molecule has 1 saturated heterocycles. The summed E-state index contributed by atoms with van der Waals surface area (Å²) in [5.41, 5.74) is 1.84. The number of piperidine rings is 1. The van der Waals surface area contributed by atoms with E-state index in [-0.39, 0.29) is 29.4 Å². The number of halogens is 1. The quantitative estimate of drug-likeness (QED) is 0.836. The SMILES string of the molecule is Cc1ccn(CC2CCCNC2)c(=O)c1C(=O)NCc1ccsc1.Cl. The number of rotatable bonds is 5. The van der Waals surface area contributed by atoms with E-state index in [4.69, 9.17) is 0 Å². The number of hydrogen-bond donors (Lipinski definition) is 2. The van der Waals surface area contributed by atoms with Crippen molar-refractivity contribution in [2.75, 3.05) is 13.1 Å². The molecule has 1 fully saturated rings. The van der Waals surface area contributed by atoms with E-state index in [2.05, 4.69) is 10.6 Å². The number of carbonyl (C=O) groups excluding carboxylic acids is 1. The Balaban J connectivity index is 0.00000225. The van der Waals surface area contributed by atoms with Gasteiger partial charge in [-0.2, -0.15) is 11.3 Å². The molecule has 3 heterocycles. The third kappa shape index (κ3) is 4.93. The Bertz CT molecular complexity index is 752. The fourth-order valence-electron chi connectivity index (χ4n) is 3.11. The van der Waals surface area contributed by atoms with Crippen LogP contribution in [-0.4, -0.2) is 23.6 Å². The number of pyridine rings is 1. The summed E-state index contributed by atoms with van der Waals surface area (Å²) in [6.45, 7) is 4.91. The highest BCUT2D eigenvalue weighted by molar-refractivity contribution is 7.07. The molecular formula is C18H24ClN3O2S. The van der Waals surface area contributed by atoms with Gasteiger partial charge in [0.15, 0.2) is 0 Å². The van der Waals surface area contributed by atoms with Crippen molar-refractivity contribution in [3.8, 4) is 0 Å². The van der Waals surface area contributed by atoms with Crippen LogP contribution in [0.1, 0.15) is 34.3 Å². The van der Waals surface area contributed by atoms with Crippen LogP contribution in [0.15, 0.2) is 33.9 Å². The first-order chi connectivity index (χ1) is 11.6. The van der Waals surface area contributed by atoms with Gasteiger partial charge in [0.2, 0.25) is 0 Å². The van der Waals surface area contributed by atoms with Crippen molar-refractivity contribution in [3.05, 3.63) is 56.1 Å². The summed E-state index contributed by atoms with van der Waals surface area (Å²) in [7, 11) is 0. The maximum Gasteiger partial charge on any atom is 0.263 e. The highest BCUT2D eigenvalue weighted by atomic mass is 35.5. The van der Waals surface area contributed by atoms with Crippen molar-refractivity contribution in [1.82, 2.24) is 15.2 Å². The zero-order chi connectivity index (χ0) is 16.9. The zero-order valence-electron chi connectivity index (χ0n) is 14.3. The topological polar surface area (TPSA) is 63.1 Å². The molecule has 0 spiro atoms. The van der Waals surface area contributed by atoms with Crippen LogP contribution in [0, 0.1) is 12.8 Å². The molecule has 1 atom stereocenters. The summed E-state index contributed by atoms with van der Waals surface area (Å²) in [6, 6.07) is 3.83. The third-order valence-electron chi connectivity index (χ3n) is 4.49. The number of aromatic nitrogens is 1. The van der Waals surface area contributed by atoms with Crippen molar-refractivity contribution >= 4 is 29.7 Å². The highest BCUT2D eigenvalue weighted by Crippen LogP contribution is 2.12. The monoisotopic (exact) mass is 381 g/mol. The van der Waals surface area contributed by atoms with Crippen molar-refractivity contribution < 1.29 is 4.79 Å². The average Bonchev–Trinajstić information content (AvgIpc) is 3.10. The van der Waals surface area contributed by atoms with Gasteiger partial charge >= 0.3 is 0 Å². The second-order valence-electron chi connectivity index (χ2n) is 6.36. The predicted molar refractivity (Wildman–Crippen MR) is 104 cm³/mol. The van der Waals surface area contributed by atoms with Gasteiger partial charge in [0, 0.05) is 19.3 Å². The molecule has 5 nitrogen and oxygen atoms in total. The van der Waals surface area contributed by atoms with Gasteiger partial charge in [-0.25, -0.2) is 0 Å². The van der Waals surface area contributed by atoms with E-state index in [1.54, 1.807) is 15.9 Å². The Morgan fingerprint density at radius 1 is 1.44 bits per heavy atom. The Labute approximate surface area is 157 Å². The van der Waals surface area contributed by atoms with Gasteiger partial charge in [-0.1, -0.05) is 0 Å². The van der Waals surface area contributed by atoms with E-state index in [1.807, 2.05) is 36.0 Å². The second-order valence-corrected chi connectivity index (χ2v) is 7.14. The molecule has 2 aromatic rings. The Kier molecular flexibility index (Phi) is 7.23. The lowest BCUT2D eigenvalue weighted by Gasteiger charge is -2.23. The van der Waals surface area contributed by atoms with Gasteiger partial charge in [-0.15, -0.1) is 12.4 Å². The highest BCUT2D eigenvalue weighted by Gasteiger charge is 2.18. The number of nitrogens with zero attached hydrogens (tertiary/aromatic N) is 1. The normalized spacial score (nSPS) is 16.9. The van der Waals surface area contributed by atoms with E-state index in [1.165, 1.54) is 0 Å². The molecule has 0 bridgehead atoms. The minimum Gasteiger partial charge on any atom is -0.348 e. The fraction of sp³-hybridized carbons (Fsp3) is 0.444. The van der Waals surface area contributed by atoms with Crippen LogP contribution in [0.3, 0.4) is 0 Å². The van der Waals surface area contributed by atoms with Crippen molar-refractivity contribution in [1.29, 1.82) is 0 Å². The van der Waals surface area contributed by atoms with E-state index < -0.39 is 0 Å². The lowest BCUT2D eigenvalue weighted by Crippen LogP contribution is -2.37. The summed E-state index contributed by atoms with van der Waals surface area (Å²) >= 11 is 1.59. The Morgan fingerprint density at radius 2 is 2.28 bits per heavy atom. The summed E-state index contributed by atoms with van der Waals surface area (Å²) < 4.78 is 1.68. The minimum atomic E-state index is -0.292. The van der Waals surface area contributed by atoms with E-state index in [0.717, 1.165) is 37.1 Å². The van der Waals surface area contributed by atoms with Crippen LogP contribution in [-0.2, 0) is 13.1 Å². The molecule has 1 unspecified atom stereocenters. The Hall–Kier alpha value is -1.63. The largest absolute Gasteiger partial charge is 0.348 e. The molecule has 1 amide bonds. The molecule has 0 radical (unpaired) electrons. The molecule has 0 saturated carbocycles. The van der Waals surface area contributed by atoms with E-state index in [9.17, 15) is 9.59 Å². The van der Waals surface area contributed by atoms with Gasteiger partial charge < -0.3 is 15.2 Å². The number of nitrogens with one attached hydrogen (secondary N) is 2. The standard InChI is InChI=1S/C18H23N3O2S.ClH/c1-13-4-7-21(11-14-3-2-6-19-9-14)18(23)16(13)17(22)20-10-15-5-8-24-12-15;/h4-5,7-8,12,14,19H,2-3,6,9-11H2,1H3,(H,20,22);1H. The van der Waals surface area contributed by atoms with Crippen molar-refractivity contribution in [2.24, 2.45) is 5.92 Å². The summed E-state index contributed by atoms with van der Waals surface area (Å²) in [6.07, 6.45) is 4.06. The molecule has 1 aliphatic heterocycles. The van der Waals surface area contributed by atoms with Crippen LogP contribution < -0.4 is 16.2 Å². The van der Waals surface area contributed by atoms with Crippen LogP contribution in [0.4, 0.5) is 0 Å². The molecule has 7 heteroatoms. The van der Waals surface area contributed by atoms with Gasteiger partial charge in [-0.05, 0) is 72.8 Å². The maximum atomic E-state index is 12.8. The third-order valence-corrected chi connectivity index (χ3v) is 5.22.